The third-order valence-electron chi connectivity index (χ3n) is 25.5. The maximum Gasteiger partial charge on any atom is 0.243 e. The molecule has 594 valence electrons. The topological polar surface area (TPSA) is 65.0 Å². The summed E-state index contributed by atoms with van der Waals surface area (Å²) in [6, 6.07) is 15.4. The van der Waals surface area contributed by atoms with E-state index in [-0.39, 0.29) is 37.0 Å². The van der Waals surface area contributed by atoms with Gasteiger partial charge in [0.05, 0.1) is 42.3 Å². The van der Waals surface area contributed by atoms with Crippen LogP contribution >= 0.6 is 0 Å². The molecule has 0 amide bonds. The van der Waals surface area contributed by atoms with Gasteiger partial charge in [0.2, 0.25) is 34.9 Å². The second-order valence-electron chi connectivity index (χ2n) is 31.7. The van der Waals surface area contributed by atoms with E-state index in [2.05, 4.69) is 302 Å². The van der Waals surface area contributed by atoms with Crippen molar-refractivity contribution in [3.8, 4) is 0 Å². The second-order valence-corrected chi connectivity index (χ2v) is 31.7. The molecule has 0 bridgehead atoms. The van der Waals surface area contributed by atoms with Gasteiger partial charge in [0.15, 0.2) is 37.0 Å². The number of rotatable bonds is 6. The van der Waals surface area contributed by atoms with Crippen LogP contribution in [-0.2, 0) is 0 Å². The van der Waals surface area contributed by atoms with E-state index in [1.165, 1.54) is 162 Å². The van der Waals surface area contributed by atoms with Gasteiger partial charge in [-0.1, -0.05) is 69.8 Å². The van der Waals surface area contributed by atoms with Crippen molar-refractivity contribution in [1.82, 2.24) is 29.4 Å². The van der Waals surface area contributed by atoms with Crippen LogP contribution in [0.3, 0.4) is 0 Å². The van der Waals surface area contributed by atoms with Crippen molar-refractivity contribution in [2.24, 2.45) is 0 Å². The van der Waals surface area contributed by atoms with Crippen molar-refractivity contribution in [3.05, 3.63) is 311 Å². The van der Waals surface area contributed by atoms with Gasteiger partial charge in [0.25, 0.3) is 0 Å². The Morgan fingerprint density at radius 2 is 0.442 bits per heavy atom. The Morgan fingerprint density at radius 3 is 0.796 bits per heavy atom. The molecule has 0 unspecified atom stereocenters. The summed E-state index contributed by atoms with van der Waals surface area (Å²) in [6.45, 7) is 106. The average molecular weight is 1520 g/mol. The summed E-state index contributed by atoms with van der Waals surface area (Å²) >= 11 is 0. The molecule has 6 heterocycles. The van der Waals surface area contributed by atoms with Crippen LogP contribution in [0.2, 0.25) is 0 Å². The van der Waals surface area contributed by atoms with Gasteiger partial charge in [-0.15, -0.1) is 0 Å². The molecule has 113 heavy (non-hydrogen) atoms. The summed E-state index contributed by atoms with van der Waals surface area (Å²) in [6.07, 6.45) is 12.9. The smallest absolute Gasteiger partial charge is 0.243 e. The zero-order valence-corrected chi connectivity index (χ0v) is 74.5. The van der Waals surface area contributed by atoms with Crippen molar-refractivity contribution in [3.63, 3.8) is 0 Å². The summed E-state index contributed by atoms with van der Waals surface area (Å²) < 4.78 is 0. The quantitative estimate of drug-likeness (QED) is 0.149. The van der Waals surface area contributed by atoms with Crippen molar-refractivity contribution < 1.29 is 0 Å². The van der Waals surface area contributed by atoms with Crippen molar-refractivity contribution in [1.29, 1.82) is 0 Å². The Labute approximate surface area is 680 Å². The Kier molecular flexibility index (Phi) is 28.0. The lowest BCUT2D eigenvalue weighted by molar-refractivity contribution is 0.364. The number of anilines is 6. The van der Waals surface area contributed by atoms with E-state index in [4.69, 9.17) is 39.4 Å². The Hall–Kier alpha value is -11.7. The molecule has 18 heteroatoms. The van der Waals surface area contributed by atoms with E-state index in [9.17, 15) is 0 Å². The molecule has 0 N–H and O–H groups in total. The summed E-state index contributed by atoms with van der Waals surface area (Å²) in [5.74, 6) is 4.19. The Morgan fingerprint density at radius 1 is 0.212 bits per heavy atom. The van der Waals surface area contributed by atoms with Crippen LogP contribution in [0.4, 0.5) is 34.1 Å². The minimum atomic E-state index is 0.179. The Balaban J connectivity index is 0.000000188. The van der Waals surface area contributed by atoms with Crippen molar-refractivity contribution in [2.45, 2.75) is 238 Å². The lowest BCUT2D eigenvalue weighted by Gasteiger charge is -2.30. The zero-order chi connectivity index (χ0) is 85.0. The zero-order valence-electron chi connectivity index (χ0n) is 74.5. The van der Waals surface area contributed by atoms with E-state index in [0.29, 0.717) is 34.9 Å². The fourth-order valence-corrected chi connectivity index (χ4v) is 15.6. The molecule has 0 aromatic heterocycles. The average Bonchev–Trinajstić information content (AvgIpc) is 1.73. The minimum Gasteiger partial charge on any atom is -0.363 e. The highest BCUT2D eigenvalue weighted by molar-refractivity contribution is 5.72. The van der Waals surface area contributed by atoms with Crippen LogP contribution in [0, 0.1) is 199 Å². The van der Waals surface area contributed by atoms with Crippen LogP contribution < -0.4 is 29.4 Å². The summed E-state index contributed by atoms with van der Waals surface area (Å²) in [7, 11) is 11.8. The second kappa shape index (κ2) is 35.8. The van der Waals surface area contributed by atoms with Gasteiger partial charge in [-0.3, -0.25) is 0 Å². The van der Waals surface area contributed by atoms with Crippen LogP contribution in [0.15, 0.2) is 115 Å². The monoisotopic (exact) mass is 1520 g/mol. The molecule has 6 aromatic rings. The molecule has 0 saturated carbocycles. The largest absolute Gasteiger partial charge is 0.363 e. The first kappa shape index (κ1) is 88.5. The molecular weight excluding hydrogens is 1390 g/mol. The molecular formula is C95H124N18. The highest BCUT2D eigenvalue weighted by atomic mass is 15.5. The van der Waals surface area contributed by atoms with Crippen LogP contribution in [0.25, 0.3) is 29.1 Å². The third kappa shape index (κ3) is 17.2. The van der Waals surface area contributed by atoms with Crippen molar-refractivity contribution in [2.75, 3.05) is 71.7 Å². The number of hydrogen-bond donors (Lipinski definition) is 0. The fraction of sp³-hybridized carbons (Fsp3) is 0.432. The SMILES string of the molecule is [C-]#[N+]C1=CN(c2c(C)c(C)c(C)c(C)c2C)[C@@H](C)N1C.[C-]#[N+]C1=CN(c2c(C)c(C)cc(C)c2C)[C@@H](C)N1C.[C-]#[N+]C1=CN(c2c(C)cc(C)c(C)c2C)[C@@H](C)N1C.[C-]#[N+]C1=CN(c2c(C)ccc(C)c2C)[C@@H](C)N1C.[C-]#[N+]C1=CN(c2cc(C)c(C)c(C)c2C)[C@@H](C)N1C.[C-]#[N+]C1=CN(c2cc(C)cc(C)c2C)[C@@H](C)N1C. The lowest BCUT2D eigenvalue weighted by atomic mass is 9.92. The maximum atomic E-state index is 7.29. The molecule has 6 atom stereocenters. The van der Waals surface area contributed by atoms with Crippen molar-refractivity contribution >= 4 is 34.1 Å². The van der Waals surface area contributed by atoms with Crippen LogP contribution in [0.1, 0.15) is 170 Å². The number of aryl methyl sites for hydroxylation is 9. The highest BCUT2D eigenvalue weighted by Gasteiger charge is 2.37. The molecule has 6 aliphatic rings. The Bertz CT molecular complexity index is 5110. The molecule has 0 fully saturated rings. The van der Waals surface area contributed by atoms with Gasteiger partial charge < -0.3 is 87.9 Å². The molecule has 0 aliphatic carbocycles. The minimum absolute atomic E-state index is 0.179. The van der Waals surface area contributed by atoms with Gasteiger partial charge in [-0.05, 0) is 341 Å². The predicted octanol–water partition coefficient (Wildman–Crippen LogP) is 22.1. The number of nitrogens with zero attached hydrogens (tertiary/aromatic N) is 18. The van der Waals surface area contributed by atoms with Gasteiger partial charge >= 0.3 is 0 Å². The highest BCUT2D eigenvalue weighted by Crippen LogP contribution is 2.42. The standard InChI is InChI=1S/C17H23N3.3C16H21N3.2C15H19N3/c1-10-11(2)13(4)17(14(5)12(10)3)20-9-16(18-7)19(8)15(20)6;1-10-8-15(13(4)12(3)11(10)2)19-9-16(17-6)18(7)14(19)5;1-10-8-11(2)16(13(4)12(10)3)19-9-15(17-6)18(7)14(19)5;1-10-8-11(2)13(4)16(12(10)3)19-9-15(17-6)18(7)14(19)5;1-10-7-11(2)12(3)14(8-10)18-9-15(16-5)17(6)13(18)4;1-10-7-8-11(2)15(12(10)3)18-9-14(16-5)17(6)13(18)4/h9,15H,1-6,8H3;3*8-9,14H,1-5,7H3;2*7-9,13H,1-4,6H3/t15-;3*14-;2*13-/m000000/s1. The molecule has 0 radical (unpaired) electrons. The molecule has 0 saturated heterocycles. The van der Waals surface area contributed by atoms with E-state index in [0.717, 1.165) is 0 Å². The molecule has 12 rings (SSSR count). The number of benzene rings is 6. The first-order chi connectivity index (χ1) is 52.9. The van der Waals surface area contributed by atoms with Crippen LogP contribution in [0.5, 0.6) is 0 Å². The molecule has 0 spiro atoms. The molecule has 6 aromatic carbocycles. The van der Waals surface area contributed by atoms with Gasteiger partial charge in [0, 0.05) is 71.3 Å². The van der Waals surface area contributed by atoms with E-state index in [1.807, 2.05) is 109 Å². The maximum absolute atomic E-state index is 7.29. The normalized spacial score (nSPS) is 18.6. The summed E-state index contributed by atoms with van der Waals surface area (Å²) in [4.78, 5) is 46.8. The summed E-state index contributed by atoms with van der Waals surface area (Å²) in [5, 5.41) is 0. The van der Waals surface area contributed by atoms with Gasteiger partial charge in [0.1, 0.15) is 0 Å². The van der Waals surface area contributed by atoms with Gasteiger partial charge in [-0.2, -0.15) is 0 Å². The molecule has 18 nitrogen and oxygen atoms in total. The van der Waals surface area contributed by atoms with Gasteiger partial charge in [-0.25, -0.2) is 0 Å². The number of hydrogen-bond acceptors (Lipinski definition) is 12. The molecule has 6 aliphatic heterocycles. The van der Waals surface area contributed by atoms with E-state index < -0.39 is 0 Å². The third-order valence-corrected chi connectivity index (χ3v) is 25.5. The fourth-order valence-electron chi connectivity index (χ4n) is 15.6. The predicted molar refractivity (Wildman–Crippen MR) is 474 cm³/mol. The first-order valence-corrected chi connectivity index (χ1v) is 38.9. The van der Waals surface area contributed by atoms with E-state index >= 15 is 0 Å². The van der Waals surface area contributed by atoms with E-state index in [1.54, 1.807) is 0 Å². The van der Waals surface area contributed by atoms with Crippen LogP contribution in [-0.4, -0.2) is 109 Å². The lowest BCUT2D eigenvalue weighted by Crippen LogP contribution is -2.35. The first-order valence-electron chi connectivity index (χ1n) is 38.9. The summed E-state index contributed by atoms with van der Waals surface area (Å²) in [5.41, 5.74) is 37.5.